The molecule has 2 N–H and O–H groups in total. The second kappa shape index (κ2) is 6.51. The number of carboxylic acids is 1. The highest BCUT2D eigenvalue weighted by molar-refractivity contribution is 5.89. The molecule has 3 heterocycles. The van der Waals surface area contributed by atoms with E-state index in [1.54, 1.807) is 4.90 Å². The van der Waals surface area contributed by atoms with Crippen LogP contribution in [0.15, 0.2) is 21.2 Å². The van der Waals surface area contributed by atoms with E-state index in [1.165, 1.54) is 6.20 Å². The summed E-state index contributed by atoms with van der Waals surface area (Å²) in [5, 5.41) is 17.2. The van der Waals surface area contributed by atoms with Crippen LogP contribution in [-0.2, 0) is 17.8 Å². The molecule has 0 aromatic carbocycles. The summed E-state index contributed by atoms with van der Waals surface area (Å²) in [6.45, 7) is 0.511. The molecule has 1 amide bonds. The molecule has 1 aromatic heterocycles. The average molecular weight is 342 g/mol. The second-order valence-corrected chi connectivity index (χ2v) is 6.25. The van der Waals surface area contributed by atoms with Gasteiger partial charge in [0, 0.05) is 44.0 Å². The fourth-order valence-electron chi connectivity index (χ4n) is 3.12. The normalized spacial score (nSPS) is 16.8. The Morgan fingerprint density at radius 2 is 2.12 bits per heavy atom. The molecule has 0 spiro atoms. The Labute approximate surface area is 144 Å². The molecule has 2 aliphatic heterocycles. The van der Waals surface area contributed by atoms with Crippen LogP contribution >= 0.6 is 0 Å². The van der Waals surface area contributed by atoms with Crippen molar-refractivity contribution < 1.29 is 14.7 Å². The maximum Gasteiger partial charge on any atom is 0.337 e. The summed E-state index contributed by atoms with van der Waals surface area (Å²) in [5.74, 6) is 1.37. The van der Waals surface area contributed by atoms with Crippen molar-refractivity contribution in [2.24, 2.45) is 10.2 Å². The van der Waals surface area contributed by atoms with Gasteiger partial charge in [0.25, 0.3) is 5.56 Å². The van der Waals surface area contributed by atoms with Gasteiger partial charge in [-0.25, -0.2) is 4.79 Å². The smallest absolute Gasteiger partial charge is 0.337 e. The number of nitrogens with zero attached hydrogens (tertiary/aromatic N) is 3. The molecular formula is C17H18N4O4. The van der Waals surface area contributed by atoms with Crippen molar-refractivity contribution in [3.8, 4) is 12.3 Å². The maximum absolute atomic E-state index is 12.5. The van der Waals surface area contributed by atoms with E-state index in [0.717, 1.165) is 0 Å². The minimum absolute atomic E-state index is 0.0884. The summed E-state index contributed by atoms with van der Waals surface area (Å²) in [6.07, 6.45) is 8.78. The predicted octanol–water partition coefficient (Wildman–Crippen LogP) is 1.31. The maximum atomic E-state index is 12.5. The Balaban J connectivity index is 1.66. The Morgan fingerprint density at radius 1 is 1.36 bits per heavy atom. The van der Waals surface area contributed by atoms with E-state index in [2.05, 4.69) is 21.1 Å². The Hall–Kier alpha value is -2.95. The molecule has 2 aliphatic rings. The van der Waals surface area contributed by atoms with Gasteiger partial charge in [-0.05, 0) is 12.0 Å². The molecule has 0 fully saturated rings. The van der Waals surface area contributed by atoms with Crippen LogP contribution in [0.4, 0.5) is 0 Å². The molecule has 0 atom stereocenters. The quantitative estimate of drug-likeness (QED) is 0.758. The molecule has 0 unspecified atom stereocenters. The number of aromatic amines is 1. The highest BCUT2D eigenvalue weighted by Crippen LogP contribution is 2.37. The number of pyridine rings is 1. The van der Waals surface area contributed by atoms with Crippen LogP contribution in [-0.4, -0.2) is 39.1 Å². The summed E-state index contributed by atoms with van der Waals surface area (Å²) < 4.78 is 0. The summed E-state index contributed by atoms with van der Waals surface area (Å²) in [7, 11) is 0. The number of fused-ring (bicyclic) bond motifs is 1. The Bertz CT molecular complexity index is 843. The number of rotatable bonds is 6. The number of hydrogen-bond donors (Lipinski definition) is 2. The van der Waals surface area contributed by atoms with E-state index in [9.17, 15) is 19.5 Å². The largest absolute Gasteiger partial charge is 0.478 e. The van der Waals surface area contributed by atoms with Gasteiger partial charge in [0.15, 0.2) is 5.66 Å². The monoisotopic (exact) mass is 342 g/mol. The molecular weight excluding hydrogens is 324 g/mol. The predicted molar refractivity (Wildman–Crippen MR) is 88.0 cm³/mol. The molecule has 0 saturated heterocycles. The van der Waals surface area contributed by atoms with Crippen LogP contribution in [0.5, 0.6) is 0 Å². The van der Waals surface area contributed by atoms with Crippen LogP contribution in [0.25, 0.3) is 0 Å². The van der Waals surface area contributed by atoms with Crippen LogP contribution in [0.3, 0.4) is 0 Å². The zero-order valence-electron chi connectivity index (χ0n) is 13.6. The number of carboxylic acid groups (broad SMARTS) is 1. The topological polar surface area (TPSA) is 115 Å². The first-order valence-electron chi connectivity index (χ1n) is 8.08. The number of nitrogens with one attached hydrogen (secondary N) is 1. The highest BCUT2D eigenvalue weighted by Gasteiger charge is 2.40. The minimum Gasteiger partial charge on any atom is -0.478 e. The second-order valence-electron chi connectivity index (χ2n) is 6.25. The van der Waals surface area contributed by atoms with Crippen LogP contribution in [0.2, 0.25) is 0 Å². The van der Waals surface area contributed by atoms with Crippen molar-refractivity contribution in [2.75, 3.05) is 6.54 Å². The van der Waals surface area contributed by atoms with Gasteiger partial charge in [-0.2, -0.15) is 10.2 Å². The first-order valence-corrected chi connectivity index (χ1v) is 8.08. The molecule has 8 heteroatoms. The van der Waals surface area contributed by atoms with Crippen molar-refractivity contribution in [1.29, 1.82) is 0 Å². The molecule has 3 rings (SSSR count). The molecule has 0 aliphatic carbocycles. The number of H-pyrrole nitrogens is 1. The third-order valence-electron chi connectivity index (χ3n) is 4.67. The van der Waals surface area contributed by atoms with Gasteiger partial charge in [0.1, 0.15) is 0 Å². The summed E-state index contributed by atoms with van der Waals surface area (Å²) in [5.41, 5.74) is 0.0879. The SMILES string of the molecule is C#CCCC1(CCC(=O)N2CCc3c(C(=O)O)c[nH]c(=O)c3C2)N=N1. The molecule has 0 saturated carbocycles. The van der Waals surface area contributed by atoms with E-state index in [-0.39, 0.29) is 30.0 Å². The zero-order chi connectivity index (χ0) is 18.0. The summed E-state index contributed by atoms with van der Waals surface area (Å²) in [6, 6.07) is 0. The number of terminal acetylenes is 1. The molecule has 0 radical (unpaired) electrons. The molecule has 8 nitrogen and oxygen atoms in total. The lowest BCUT2D eigenvalue weighted by Crippen LogP contribution is -2.40. The Morgan fingerprint density at radius 3 is 2.76 bits per heavy atom. The molecule has 1 aromatic rings. The van der Waals surface area contributed by atoms with E-state index in [4.69, 9.17) is 6.42 Å². The number of carbonyl (C=O) groups excluding carboxylic acids is 1. The first-order chi connectivity index (χ1) is 12.0. The lowest BCUT2D eigenvalue weighted by Gasteiger charge is -2.29. The minimum atomic E-state index is -1.08. The van der Waals surface area contributed by atoms with E-state index < -0.39 is 11.6 Å². The standard InChI is InChI=1S/C17H18N4O4/c1-2-3-6-17(19-20-17)7-4-14(22)21-8-5-11-12(16(24)25)9-18-15(23)13(11)10-21/h1,9H,3-8,10H2,(H,18,23)(H,24,25). The van der Waals surface area contributed by atoms with Gasteiger partial charge in [0.2, 0.25) is 5.91 Å². The van der Waals surface area contributed by atoms with Gasteiger partial charge >= 0.3 is 5.97 Å². The van der Waals surface area contributed by atoms with Crippen molar-refractivity contribution in [3.05, 3.63) is 33.2 Å². The van der Waals surface area contributed by atoms with Gasteiger partial charge < -0.3 is 15.0 Å². The number of aromatic carboxylic acids is 1. The van der Waals surface area contributed by atoms with Crippen molar-refractivity contribution >= 4 is 11.9 Å². The lowest BCUT2D eigenvalue weighted by atomic mass is 9.96. The average Bonchev–Trinajstić information content (AvgIpc) is 3.38. The molecule has 25 heavy (non-hydrogen) atoms. The van der Waals surface area contributed by atoms with Gasteiger partial charge in [-0.1, -0.05) is 0 Å². The lowest BCUT2D eigenvalue weighted by molar-refractivity contribution is -0.132. The van der Waals surface area contributed by atoms with Crippen molar-refractivity contribution in [3.63, 3.8) is 0 Å². The van der Waals surface area contributed by atoms with Crippen LogP contribution in [0.1, 0.15) is 47.2 Å². The van der Waals surface area contributed by atoms with E-state index in [1.807, 2.05) is 0 Å². The van der Waals surface area contributed by atoms with E-state index >= 15 is 0 Å². The van der Waals surface area contributed by atoms with Crippen LogP contribution in [0, 0.1) is 12.3 Å². The third kappa shape index (κ3) is 3.45. The van der Waals surface area contributed by atoms with Gasteiger partial charge in [-0.3, -0.25) is 9.59 Å². The Kier molecular flexibility index (Phi) is 4.40. The van der Waals surface area contributed by atoms with E-state index in [0.29, 0.717) is 43.4 Å². The zero-order valence-corrected chi connectivity index (χ0v) is 13.6. The molecule has 0 bridgehead atoms. The molecule has 130 valence electrons. The fourth-order valence-corrected chi connectivity index (χ4v) is 3.12. The van der Waals surface area contributed by atoms with Crippen molar-refractivity contribution in [1.82, 2.24) is 9.88 Å². The number of hydrogen-bond acceptors (Lipinski definition) is 5. The summed E-state index contributed by atoms with van der Waals surface area (Å²) >= 11 is 0. The summed E-state index contributed by atoms with van der Waals surface area (Å²) in [4.78, 5) is 39.8. The number of carbonyl (C=O) groups is 2. The number of amides is 1. The van der Waals surface area contributed by atoms with Gasteiger partial charge in [-0.15, -0.1) is 12.3 Å². The van der Waals surface area contributed by atoms with Crippen molar-refractivity contribution in [2.45, 2.75) is 44.3 Å². The third-order valence-corrected chi connectivity index (χ3v) is 4.67. The highest BCUT2D eigenvalue weighted by atomic mass is 16.4. The van der Waals surface area contributed by atoms with Crippen LogP contribution < -0.4 is 5.56 Å². The van der Waals surface area contributed by atoms with Gasteiger partial charge in [0.05, 0.1) is 12.1 Å². The first kappa shape index (κ1) is 16.9. The fraction of sp³-hybridized carbons (Fsp3) is 0.471. The number of aromatic nitrogens is 1.